The van der Waals surface area contributed by atoms with Crippen molar-refractivity contribution in [2.75, 3.05) is 17.2 Å². The molecule has 3 aromatic carbocycles. The highest BCUT2D eigenvalue weighted by Gasteiger charge is 2.12. The molecule has 0 saturated heterocycles. The van der Waals surface area contributed by atoms with E-state index in [0.29, 0.717) is 27.7 Å². The highest BCUT2D eigenvalue weighted by atomic mass is 35.5. The SMILES string of the molecule is Cc1ccc(NC(=O)COc2cccc(/C=C(/C#N)C(=O)Nc3cc(Cl)ccc3C)c2)cc1C. The van der Waals surface area contributed by atoms with Gasteiger partial charge in [0.05, 0.1) is 0 Å². The molecule has 0 unspecified atom stereocenters. The molecule has 0 aromatic heterocycles. The first kappa shape index (κ1) is 24.6. The summed E-state index contributed by atoms with van der Waals surface area (Å²) in [6.45, 7) is 5.63. The number of halogens is 1. The predicted molar refractivity (Wildman–Crippen MR) is 135 cm³/mol. The fourth-order valence-corrected chi connectivity index (χ4v) is 3.27. The maximum absolute atomic E-state index is 12.6. The molecular weight excluding hydrogens is 450 g/mol. The van der Waals surface area contributed by atoms with Gasteiger partial charge in [0.25, 0.3) is 11.8 Å². The molecule has 7 heteroatoms. The van der Waals surface area contributed by atoms with Crippen LogP contribution in [0.15, 0.2) is 66.2 Å². The maximum atomic E-state index is 12.6. The van der Waals surface area contributed by atoms with Crippen molar-refractivity contribution in [2.45, 2.75) is 20.8 Å². The number of ether oxygens (including phenoxy) is 1. The van der Waals surface area contributed by atoms with Crippen LogP contribution < -0.4 is 15.4 Å². The van der Waals surface area contributed by atoms with Crippen LogP contribution >= 0.6 is 11.6 Å². The quantitative estimate of drug-likeness (QED) is 0.333. The molecule has 0 atom stereocenters. The Balaban J connectivity index is 1.65. The molecule has 3 rings (SSSR count). The zero-order valence-corrected chi connectivity index (χ0v) is 19.9. The molecule has 0 saturated carbocycles. The van der Waals surface area contributed by atoms with E-state index in [1.165, 1.54) is 6.08 Å². The molecule has 34 heavy (non-hydrogen) atoms. The van der Waals surface area contributed by atoms with E-state index in [9.17, 15) is 14.9 Å². The lowest BCUT2D eigenvalue weighted by Gasteiger charge is -2.10. The van der Waals surface area contributed by atoms with Gasteiger partial charge in [-0.1, -0.05) is 35.9 Å². The van der Waals surface area contributed by atoms with Gasteiger partial charge in [0.15, 0.2) is 6.61 Å². The van der Waals surface area contributed by atoms with Crippen LogP contribution in [0.5, 0.6) is 5.75 Å². The van der Waals surface area contributed by atoms with Gasteiger partial charge in [-0.25, -0.2) is 0 Å². The van der Waals surface area contributed by atoms with Gasteiger partial charge in [0.1, 0.15) is 17.4 Å². The molecule has 0 aliphatic heterocycles. The van der Waals surface area contributed by atoms with Gasteiger partial charge in [-0.2, -0.15) is 5.26 Å². The summed E-state index contributed by atoms with van der Waals surface area (Å²) in [6.07, 6.45) is 1.46. The van der Waals surface area contributed by atoms with Gasteiger partial charge in [-0.05, 0) is 85.5 Å². The molecule has 0 spiro atoms. The first-order chi connectivity index (χ1) is 16.2. The Kier molecular flexibility index (Phi) is 8.07. The highest BCUT2D eigenvalue weighted by molar-refractivity contribution is 6.31. The third-order valence-electron chi connectivity index (χ3n) is 5.14. The summed E-state index contributed by atoms with van der Waals surface area (Å²) in [5.41, 5.74) is 4.79. The summed E-state index contributed by atoms with van der Waals surface area (Å²) in [7, 11) is 0. The van der Waals surface area contributed by atoms with Crippen molar-refractivity contribution in [3.8, 4) is 11.8 Å². The Hall–Kier alpha value is -4.08. The van der Waals surface area contributed by atoms with Crippen LogP contribution in [0, 0.1) is 32.1 Å². The lowest BCUT2D eigenvalue weighted by Crippen LogP contribution is -2.20. The van der Waals surface area contributed by atoms with Crippen LogP contribution in [0.3, 0.4) is 0 Å². The summed E-state index contributed by atoms with van der Waals surface area (Å²) in [5, 5.41) is 15.5. The second-order valence-electron chi connectivity index (χ2n) is 7.79. The molecule has 0 fully saturated rings. The van der Waals surface area contributed by atoms with Crippen LogP contribution in [0.1, 0.15) is 22.3 Å². The number of carbonyl (C=O) groups is 2. The minimum absolute atomic E-state index is 0.0796. The van der Waals surface area contributed by atoms with E-state index in [2.05, 4.69) is 10.6 Å². The van der Waals surface area contributed by atoms with Gasteiger partial charge in [-0.3, -0.25) is 9.59 Å². The smallest absolute Gasteiger partial charge is 0.266 e. The van der Waals surface area contributed by atoms with E-state index in [1.807, 2.05) is 45.0 Å². The first-order valence-electron chi connectivity index (χ1n) is 10.5. The Morgan fingerprint density at radius 3 is 2.47 bits per heavy atom. The number of nitrogens with zero attached hydrogens (tertiary/aromatic N) is 1. The lowest BCUT2D eigenvalue weighted by molar-refractivity contribution is -0.118. The predicted octanol–water partition coefficient (Wildman–Crippen LogP) is 5.83. The molecule has 3 aromatic rings. The number of hydrogen-bond acceptors (Lipinski definition) is 4. The lowest BCUT2D eigenvalue weighted by atomic mass is 10.1. The van der Waals surface area contributed by atoms with Crippen LogP contribution in [-0.4, -0.2) is 18.4 Å². The second kappa shape index (κ2) is 11.2. The summed E-state index contributed by atoms with van der Waals surface area (Å²) in [5.74, 6) is -0.405. The number of hydrogen-bond donors (Lipinski definition) is 2. The molecule has 172 valence electrons. The molecule has 0 heterocycles. The zero-order valence-electron chi connectivity index (χ0n) is 19.1. The highest BCUT2D eigenvalue weighted by Crippen LogP contribution is 2.22. The molecule has 0 bridgehead atoms. The van der Waals surface area contributed by atoms with Crippen molar-refractivity contribution < 1.29 is 14.3 Å². The number of anilines is 2. The Labute approximate surface area is 203 Å². The van der Waals surface area contributed by atoms with Crippen LogP contribution in [-0.2, 0) is 9.59 Å². The molecule has 2 N–H and O–H groups in total. The average molecular weight is 474 g/mol. The Bertz CT molecular complexity index is 1310. The van der Waals surface area contributed by atoms with Crippen LogP contribution in [0.4, 0.5) is 11.4 Å². The van der Waals surface area contributed by atoms with Crippen molar-refractivity contribution in [3.05, 3.63) is 93.5 Å². The van der Waals surface area contributed by atoms with Gasteiger partial charge in [0.2, 0.25) is 0 Å². The number of carbonyl (C=O) groups excluding carboxylic acids is 2. The maximum Gasteiger partial charge on any atom is 0.266 e. The minimum Gasteiger partial charge on any atom is -0.484 e. The van der Waals surface area contributed by atoms with Crippen molar-refractivity contribution in [1.29, 1.82) is 5.26 Å². The number of rotatable bonds is 7. The fourth-order valence-electron chi connectivity index (χ4n) is 3.09. The normalized spacial score (nSPS) is 10.9. The largest absolute Gasteiger partial charge is 0.484 e. The summed E-state index contributed by atoms with van der Waals surface area (Å²) >= 11 is 6.00. The fraction of sp³-hybridized carbons (Fsp3) is 0.148. The molecule has 0 aliphatic rings. The zero-order chi connectivity index (χ0) is 24.7. The topological polar surface area (TPSA) is 91.2 Å². The van der Waals surface area contributed by atoms with E-state index in [-0.39, 0.29) is 18.1 Å². The standard InChI is InChI=1S/C27H24ClN3O3/c1-17-8-10-23(11-19(17)3)30-26(32)16-34-24-6-4-5-20(13-24)12-21(15-29)27(33)31-25-14-22(28)9-7-18(25)2/h4-14H,16H2,1-3H3,(H,30,32)(H,31,33)/b21-12-. The van der Waals surface area contributed by atoms with Gasteiger partial charge < -0.3 is 15.4 Å². The molecule has 2 amide bonds. The molecule has 0 radical (unpaired) electrons. The van der Waals surface area contributed by atoms with E-state index < -0.39 is 5.91 Å². The monoisotopic (exact) mass is 473 g/mol. The van der Waals surface area contributed by atoms with Crippen molar-refractivity contribution in [1.82, 2.24) is 0 Å². The number of benzene rings is 3. The average Bonchev–Trinajstić information content (AvgIpc) is 2.81. The van der Waals surface area contributed by atoms with Gasteiger partial charge in [-0.15, -0.1) is 0 Å². The van der Waals surface area contributed by atoms with Gasteiger partial charge >= 0.3 is 0 Å². The van der Waals surface area contributed by atoms with E-state index in [4.69, 9.17) is 16.3 Å². The van der Waals surface area contributed by atoms with Gasteiger partial charge in [0, 0.05) is 16.4 Å². The first-order valence-corrected chi connectivity index (χ1v) is 10.9. The number of nitrogens with one attached hydrogen (secondary N) is 2. The number of nitriles is 1. The molecule has 0 aliphatic carbocycles. The Morgan fingerprint density at radius 1 is 0.971 bits per heavy atom. The summed E-state index contributed by atoms with van der Waals surface area (Å²) in [4.78, 5) is 24.9. The number of amides is 2. The molecule has 6 nitrogen and oxygen atoms in total. The molecular formula is C27H24ClN3O3. The van der Waals surface area contributed by atoms with E-state index >= 15 is 0 Å². The number of aryl methyl sites for hydroxylation is 3. The minimum atomic E-state index is -0.549. The van der Waals surface area contributed by atoms with Crippen molar-refractivity contribution in [2.24, 2.45) is 0 Å². The summed E-state index contributed by atoms with van der Waals surface area (Å²) in [6, 6.07) is 19.5. The Morgan fingerprint density at radius 2 is 1.74 bits per heavy atom. The van der Waals surface area contributed by atoms with E-state index in [1.54, 1.807) is 42.5 Å². The van der Waals surface area contributed by atoms with E-state index in [0.717, 1.165) is 16.7 Å². The third kappa shape index (κ3) is 6.71. The summed E-state index contributed by atoms with van der Waals surface area (Å²) < 4.78 is 5.60. The van der Waals surface area contributed by atoms with Crippen LogP contribution in [0.2, 0.25) is 5.02 Å². The second-order valence-corrected chi connectivity index (χ2v) is 8.23. The van der Waals surface area contributed by atoms with Crippen molar-refractivity contribution >= 4 is 40.9 Å². The third-order valence-corrected chi connectivity index (χ3v) is 5.38. The van der Waals surface area contributed by atoms with Crippen molar-refractivity contribution in [3.63, 3.8) is 0 Å². The van der Waals surface area contributed by atoms with Crippen LogP contribution in [0.25, 0.3) is 6.08 Å².